The third-order valence-corrected chi connectivity index (χ3v) is 11.3. The molecule has 11 rings (SSSR count). The lowest BCUT2D eigenvalue weighted by Gasteiger charge is -2.13. The summed E-state index contributed by atoms with van der Waals surface area (Å²) in [5, 5.41) is 9.32. The van der Waals surface area contributed by atoms with Gasteiger partial charge in [0.05, 0.1) is 16.7 Å². The van der Waals surface area contributed by atoms with Crippen molar-refractivity contribution in [2.45, 2.75) is 6.92 Å². The minimum absolute atomic E-state index is 0.545. The van der Waals surface area contributed by atoms with E-state index in [2.05, 4.69) is 132 Å². The Morgan fingerprint density at radius 1 is 0.542 bits per heavy atom. The van der Waals surface area contributed by atoms with E-state index in [0.29, 0.717) is 17.5 Å². The number of allylic oxidation sites excluding steroid dienone is 5. The number of furan rings is 1. The van der Waals surface area contributed by atoms with Crippen LogP contribution in [0.1, 0.15) is 12.7 Å². The molecule has 0 aliphatic carbocycles. The third kappa shape index (κ3) is 5.58. The Bertz CT molecular complexity index is 3430. The quantitative estimate of drug-likeness (QED) is 0.152. The highest BCUT2D eigenvalue weighted by Crippen LogP contribution is 2.45. The van der Waals surface area contributed by atoms with Crippen LogP contribution in [0.25, 0.3) is 110 Å². The first kappa shape index (κ1) is 34.4. The van der Waals surface area contributed by atoms with E-state index in [9.17, 15) is 0 Å². The first-order chi connectivity index (χ1) is 29.2. The summed E-state index contributed by atoms with van der Waals surface area (Å²) in [6.07, 6.45) is 7.71. The second-order valence-electron chi connectivity index (χ2n) is 14.7. The van der Waals surface area contributed by atoms with Crippen LogP contribution in [-0.2, 0) is 0 Å². The van der Waals surface area contributed by atoms with E-state index < -0.39 is 0 Å². The number of rotatable bonds is 7. The highest BCUT2D eigenvalue weighted by molar-refractivity contribution is 6.28. The van der Waals surface area contributed by atoms with E-state index in [-0.39, 0.29) is 0 Å². The monoisotopic (exact) mass is 756 g/mol. The van der Waals surface area contributed by atoms with E-state index in [1.165, 1.54) is 32.3 Å². The first-order valence-electron chi connectivity index (χ1n) is 19.8. The number of fused-ring (bicyclic) bond motifs is 10. The summed E-state index contributed by atoms with van der Waals surface area (Å²) in [6, 6.07) is 57.6. The number of nitrogens with zero attached hydrogens (tertiary/aromatic N) is 4. The van der Waals surface area contributed by atoms with Gasteiger partial charge >= 0.3 is 0 Å². The number of benzene rings is 8. The van der Waals surface area contributed by atoms with E-state index in [1.807, 2.05) is 67.6 Å². The standard InChI is InChI=1S/C54H36N4O/c1-3-5-17-34(4-2)52-55-53(38-22-10-7-11-23-38)57-54(56-52)42-26-16-27-46-50(42)51-43(35-18-8-6-9-19-35)32-39(33-47(51)59-46)58-44-30-28-36-20-12-14-24-40(36)48(44)49-41-25-15-13-21-37(41)29-31-45(49)58/h3-33H,2H2,1H3/b5-3-,34-17+. The molecule has 8 aromatic carbocycles. The molecule has 0 atom stereocenters. The summed E-state index contributed by atoms with van der Waals surface area (Å²) in [7, 11) is 0. The summed E-state index contributed by atoms with van der Waals surface area (Å²) in [6.45, 7) is 6.08. The molecule has 0 saturated carbocycles. The zero-order valence-electron chi connectivity index (χ0n) is 32.3. The molecule has 5 heteroatoms. The fourth-order valence-electron chi connectivity index (χ4n) is 8.69. The molecule has 0 aliphatic rings. The number of aromatic nitrogens is 4. The molecule has 0 bridgehead atoms. The molecule has 3 aromatic heterocycles. The largest absolute Gasteiger partial charge is 0.456 e. The maximum absolute atomic E-state index is 6.93. The van der Waals surface area contributed by atoms with Crippen molar-refractivity contribution in [2.24, 2.45) is 0 Å². The van der Waals surface area contributed by atoms with Crippen LogP contribution in [-0.4, -0.2) is 19.5 Å². The molecule has 0 aliphatic heterocycles. The summed E-state index contributed by atoms with van der Waals surface area (Å²) in [4.78, 5) is 15.2. The number of hydrogen-bond acceptors (Lipinski definition) is 4. The normalized spacial score (nSPS) is 12.3. The molecule has 5 nitrogen and oxygen atoms in total. The minimum Gasteiger partial charge on any atom is -0.456 e. The summed E-state index contributed by atoms with van der Waals surface area (Å²) in [5.41, 5.74) is 9.52. The van der Waals surface area contributed by atoms with Gasteiger partial charge in [-0.05, 0) is 63.9 Å². The van der Waals surface area contributed by atoms with Crippen molar-refractivity contribution in [3.05, 3.63) is 200 Å². The highest BCUT2D eigenvalue weighted by Gasteiger charge is 2.23. The van der Waals surface area contributed by atoms with Crippen molar-refractivity contribution < 1.29 is 4.42 Å². The Kier molecular flexibility index (Phi) is 8.12. The molecule has 3 heterocycles. The Labute approximate surface area is 340 Å². The van der Waals surface area contributed by atoms with E-state index in [1.54, 1.807) is 6.08 Å². The smallest absolute Gasteiger partial charge is 0.164 e. The summed E-state index contributed by atoms with van der Waals surface area (Å²) in [5.74, 6) is 1.68. The van der Waals surface area contributed by atoms with Crippen molar-refractivity contribution in [3.63, 3.8) is 0 Å². The predicted molar refractivity (Wildman–Crippen MR) is 246 cm³/mol. The molecule has 0 saturated heterocycles. The van der Waals surface area contributed by atoms with Crippen LogP contribution in [0, 0.1) is 0 Å². The molecular formula is C54H36N4O. The van der Waals surface area contributed by atoms with Crippen LogP contribution in [0.5, 0.6) is 0 Å². The van der Waals surface area contributed by atoms with Gasteiger partial charge in [0.2, 0.25) is 0 Å². The number of hydrogen-bond donors (Lipinski definition) is 0. The topological polar surface area (TPSA) is 56.7 Å². The molecular weight excluding hydrogens is 721 g/mol. The lowest BCUT2D eigenvalue weighted by atomic mass is 9.96. The van der Waals surface area contributed by atoms with E-state index in [0.717, 1.165) is 66.5 Å². The molecule has 11 aromatic rings. The Hall–Kier alpha value is -7.89. The van der Waals surface area contributed by atoms with Crippen LogP contribution in [0.2, 0.25) is 0 Å². The van der Waals surface area contributed by atoms with Gasteiger partial charge in [0.15, 0.2) is 17.5 Å². The van der Waals surface area contributed by atoms with E-state index >= 15 is 0 Å². The Morgan fingerprint density at radius 3 is 1.81 bits per heavy atom. The van der Waals surface area contributed by atoms with Gasteiger partial charge in [0.25, 0.3) is 0 Å². The Morgan fingerprint density at radius 2 is 1.15 bits per heavy atom. The zero-order valence-corrected chi connectivity index (χ0v) is 32.3. The van der Waals surface area contributed by atoms with Gasteiger partial charge in [0, 0.05) is 44.3 Å². The van der Waals surface area contributed by atoms with Crippen molar-refractivity contribution in [3.8, 4) is 39.6 Å². The van der Waals surface area contributed by atoms with Gasteiger partial charge in [-0.2, -0.15) is 0 Å². The van der Waals surface area contributed by atoms with Gasteiger partial charge in [0.1, 0.15) is 11.2 Å². The SMILES string of the molecule is C=C/C(=C\C=C/C)c1nc(-c2ccccc2)nc(-c2cccc3oc4cc(-n5c6ccc7ccccc7c6c6c7ccccc7ccc65)cc(-c5ccccc5)c4c23)n1. The van der Waals surface area contributed by atoms with Crippen LogP contribution < -0.4 is 0 Å². The van der Waals surface area contributed by atoms with Crippen LogP contribution in [0.4, 0.5) is 0 Å². The summed E-state index contributed by atoms with van der Waals surface area (Å²) < 4.78 is 9.33. The van der Waals surface area contributed by atoms with Gasteiger partial charge in [-0.25, -0.2) is 15.0 Å². The maximum Gasteiger partial charge on any atom is 0.164 e. The van der Waals surface area contributed by atoms with Gasteiger partial charge in [-0.15, -0.1) is 0 Å². The van der Waals surface area contributed by atoms with Crippen LogP contribution in [0.15, 0.2) is 199 Å². The maximum atomic E-state index is 6.93. The molecule has 0 fully saturated rings. The van der Waals surface area contributed by atoms with Crippen molar-refractivity contribution in [2.75, 3.05) is 0 Å². The van der Waals surface area contributed by atoms with E-state index in [4.69, 9.17) is 19.4 Å². The molecule has 0 N–H and O–H groups in total. The van der Waals surface area contributed by atoms with Gasteiger partial charge < -0.3 is 8.98 Å². The lowest BCUT2D eigenvalue weighted by molar-refractivity contribution is 0.669. The molecule has 59 heavy (non-hydrogen) atoms. The second-order valence-corrected chi connectivity index (χ2v) is 14.7. The molecule has 0 amide bonds. The second kappa shape index (κ2) is 13.9. The van der Waals surface area contributed by atoms with Crippen molar-refractivity contribution in [1.29, 1.82) is 0 Å². The fraction of sp³-hybridized carbons (Fsp3) is 0.0185. The Balaban J connectivity index is 1.23. The molecule has 0 radical (unpaired) electrons. The fourth-order valence-corrected chi connectivity index (χ4v) is 8.69. The molecule has 278 valence electrons. The lowest BCUT2D eigenvalue weighted by Crippen LogP contribution is -2.02. The summed E-state index contributed by atoms with van der Waals surface area (Å²) >= 11 is 0. The zero-order chi connectivity index (χ0) is 39.5. The molecule has 0 spiro atoms. The van der Waals surface area contributed by atoms with Crippen molar-refractivity contribution >= 4 is 70.9 Å². The highest BCUT2D eigenvalue weighted by atomic mass is 16.3. The van der Waals surface area contributed by atoms with Crippen LogP contribution in [0.3, 0.4) is 0 Å². The predicted octanol–water partition coefficient (Wildman–Crippen LogP) is 14.3. The van der Waals surface area contributed by atoms with Gasteiger partial charge in [-0.3, -0.25) is 0 Å². The minimum atomic E-state index is 0.545. The first-order valence-corrected chi connectivity index (χ1v) is 19.8. The molecule has 0 unspecified atom stereocenters. The average molecular weight is 757 g/mol. The average Bonchev–Trinajstić information content (AvgIpc) is 3.86. The van der Waals surface area contributed by atoms with Crippen molar-refractivity contribution in [1.82, 2.24) is 19.5 Å². The van der Waals surface area contributed by atoms with Gasteiger partial charge in [-0.1, -0.05) is 164 Å². The van der Waals surface area contributed by atoms with Crippen LogP contribution >= 0.6 is 0 Å². The third-order valence-electron chi connectivity index (χ3n) is 11.3.